The van der Waals surface area contributed by atoms with Gasteiger partial charge in [-0.05, 0) is 41.5 Å². The van der Waals surface area contributed by atoms with Gasteiger partial charge in [0.2, 0.25) is 0 Å². The minimum Gasteiger partial charge on any atom is -0.295 e. The second-order valence-electron chi connectivity index (χ2n) is 6.31. The van der Waals surface area contributed by atoms with Gasteiger partial charge in [0.25, 0.3) is 0 Å². The largest absolute Gasteiger partial charge is 0.295 e. The molecule has 0 aliphatic heterocycles. The van der Waals surface area contributed by atoms with E-state index >= 15 is 0 Å². The van der Waals surface area contributed by atoms with Crippen molar-refractivity contribution in [2.75, 3.05) is 0 Å². The van der Waals surface area contributed by atoms with E-state index in [0.29, 0.717) is 10.6 Å². The van der Waals surface area contributed by atoms with E-state index in [0.717, 1.165) is 5.56 Å². The van der Waals surface area contributed by atoms with Crippen molar-refractivity contribution < 1.29 is 13.2 Å². The summed E-state index contributed by atoms with van der Waals surface area (Å²) in [6.07, 6.45) is 2.99. The van der Waals surface area contributed by atoms with Crippen LogP contribution in [0.4, 0.5) is 0 Å². The molecular weight excluding hydrogens is 392 g/mol. The molecule has 3 rings (SSSR count). The van der Waals surface area contributed by atoms with Gasteiger partial charge < -0.3 is 0 Å². The predicted molar refractivity (Wildman–Crippen MR) is 113 cm³/mol. The molecule has 0 heterocycles. The van der Waals surface area contributed by atoms with Crippen LogP contribution in [-0.2, 0) is 14.6 Å². The molecule has 0 bridgehead atoms. The summed E-state index contributed by atoms with van der Waals surface area (Å²) in [4.78, 5) is 12.7. The van der Waals surface area contributed by atoms with Crippen LogP contribution in [0.15, 0.2) is 95.9 Å². The Morgan fingerprint density at radius 3 is 2.04 bits per heavy atom. The summed E-state index contributed by atoms with van der Waals surface area (Å²) in [5, 5.41) is -0.514. The summed E-state index contributed by atoms with van der Waals surface area (Å²) >= 11 is 5.88. The van der Waals surface area contributed by atoms with Gasteiger partial charge in [-0.1, -0.05) is 78.3 Å². The van der Waals surface area contributed by atoms with E-state index in [-0.39, 0.29) is 17.1 Å². The van der Waals surface area contributed by atoms with E-state index in [1.807, 2.05) is 36.4 Å². The van der Waals surface area contributed by atoms with Crippen molar-refractivity contribution in [1.29, 1.82) is 0 Å². The average Bonchev–Trinajstić information content (AvgIpc) is 2.72. The molecule has 0 saturated carbocycles. The lowest BCUT2D eigenvalue weighted by Crippen LogP contribution is -2.17. The van der Waals surface area contributed by atoms with Gasteiger partial charge in [0.15, 0.2) is 15.6 Å². The number of hydrogen-bond acceptors (Lipinski definition) is 3. The molecule has 0 aliphatic carbocycles. The molecule has 1 unspecified atom stereocenters. The first kappa shape index (κ1) is 20.1. The van der Waals surface area contributed by atoms with Gasteiger partial charge in [0.1, 0.15) is 0 Å². The normalized spacial score (nSPS) is 12.8. The smallest absolute Gasteiger partial charge is 0.185 e. The van der Waals surface area contributed by atoms with Crippen LogP contribution < -0.4 is 0 Å². The zero-order valence-corrected chi connectivity index (χ0v) is 16.6. The van der Waals surface area contributed by atoms with Crippen LogP contribution in [0.5, 0.6) is 0 Å². The maximum Gasteiger partial charge on any atom is 0.185 e. The second kappa shape index (κ2) is 9.00. The fourth-order valence-corrected chi connectivity index (χ4v) is 4.74. The number of allylic oxidation sites excluding steroid dienone is 1. The third-order valence-electron chi connectivity index (χ3n) is 4.34. The molecule has 1 atom stereocenters. The molecule has 0 fully saturated rings. The van der Waals surface area contributed by atoms with Crippen LogP contribution in [0.25, 0.3) is 6.08 Å². The van der Waals surface area contributed by atoms with Crippen molar-refractivity contribution >= 4 is 33.3 Å². The summed E-state index contributed by atoms with van der Waals surface area (Å²) in [5.41, 5.74) is 1.46. The fraction of sp³-hybridized carbons (Fsp3) is 0.0870. The van der Waals surface area contributed by atoms with Crippen molar-refractivity contribution in [3.63, 3.8) is 0 Å². The molecule has 142 valence electrons. The Morgan fingerprint density at radius 1 is 0.857 bits per heavy atom. The molecule has 0 amide bonds. The van der Waals surface area contributed by atoms with E-state index < -0.39 is 15.1 Å². The first-order valence-electron chi connectivity index (χ1n) is 8.77. The summed E-state index contributed by atoms with van der Waals surface area (Å²) < 4.78 is 26.5. The third-order valence-corrected chi connectivity index (χ3v) is 6.71. The Hall–Kier alpha value is -2.69. The molecule has 0 N–H and O–H groups in total. The highest BCUT2D eigenvalue weighted by molar-refractivity contribution is 7.91. The maximum atomic E-state index is 13.2. The van der Waals surface area contributed by atoms with Crippen LogP contribution in [-0.4, -0.2) is 14.2 Å². The van der Waals surface area contributed by atoms with Gasteiger partial charge in [-0.15, -0.1) is 0 Å². The van der Waals surface area contributed by atoms with Crippen LogP contribution >= 0.6 is 11.6 Å². The number of rotatable bonds is 7. The van der Waals surface area contributed by atoms with Crippen molar-refractivity contribution in [2.24, 2.45) is 0 Å². The molecular formula is C23H19ClO3S. The quantitative estimate of drug-likeness (QED) is 0.481. The minimum atomic E-state index is -3.76. The fourth-order valence-electron chi connectivity index (χ4n) is 2.87. The Morgan fingerprint density at radius 2 is 1.43 bits per heavy atom. The maximum absolute atomic E-state index is 13.2. The zero-order chi connectivity index (χ0) is 20.0. The molecule has 5 heteroatoms. The Balaban J connectivity index is 1.91. The Labute approximate surface area is 170 Å². The van der Waals surface area contributed by atoms with E-state index in [9.17, 15) is 13.2 Å². The topological polar surface area (TPSA) is 51.2 Å². The lowest BCUT2D eigenvalue weighted by atomic mass is 10.1. The monoisotopic (exact) mass is 410 g/mol. The summed E-state index contributed by atoms with van der Waals surface area (Å²) in [7, 11) is -3.76. The first-order valence-corrected chi connectivity index (χ1v) is 10.7. The third kappa shape index (κ3) is 4.97. The number of hydrogen-bond donors (Lipinski definition) is 0. The van der Waals surface area contributed by atoms with E-state index in [1.54, 1.807) is 30.3 Å². The number of carbonyl (C=O) groups is 1. The highest BCUT2D eigenvalue weighted by Gasteiger charge is 2.30. The summed E-state index contributed by atoms with van der Waals surface area (Å²) in [6, 6.07) is 24.2. The van der Waals surface area contributed by atoms with Crippen molar-refractivity contribution in [3.05, 3.63) is 107 Å². The molecule has 3 aromatic rings. The van der Waals surface area contributed by atoms with Crippen LogP contribution in [0, 0.1) is 0 Å². The highest BCUT2D eigenvalue weighted by atomic mass is 35.5. The van der Waals surface area contributed by atoms with E-state index in [2.05, 4.69) is 0 Å². The van der Waals surface area contributed by atoms with E-state index in [1.165, 1.54) is 30.3 Å². The molecule has 3 nitrogen and oxygen atoms in total. The molecule has 0 spiro atoms. The predicted octanol–water partition coefficient (Wildman–Crippen LogP) is 5.53. The Bertz CT molecular complexity index is 1060. The van der Waals surface area contributed by atoms with Crippen molar-refractivity contribution in [1.82, 2.24) is 0 Å². The first-order chi connectivity index (χ1) is 13.5. The van der Waals surface area contributed by atoms with Crippen molar-refractivity contribution in [3.8, 4) is 0 Å². The van der Waals surface area contributed by atoms with Crippen molar-refractivity contribution in [2.45, 2.75) is 16.6 Å². The zero-order valence-electron chi connectivity index (χ0n) is 15.0. The van der Waals surface area contributed by atoms with Crippen LogP contribution in [0.3, 0.4) is 0 Å². The molecule has 0 saturated heterocycles. The van der Waals surface area contributed by atoms with Gasteiger partial charge in [-0.2, -0.15) is 0 Å². The Kier molecular flexibility index (Phi) is 6.45. The van der Waals surface area contributed by atoms with Crippen LogP contribution in [0.2, 0.25) is 5.02 Å². The lowest BCUT2D eigenvalue weighted by molar-refractivity contribution is -0.114. The summed E-state index contributed by atoms with van der Waals surface area (Å²) in [5.74, 6) is -0.254. The molecule has 3 aromatic carbocycles. The van der Waals surface area contributed by atoms with Gasteiger partial charge in [-0.3, -0.25) is 4.79 Å². The SMILES string of the molecule is O=C(/C=C/c1ccccc1)CC(c1ccccc1)S(=O)(=O)c1ccc(Cl)cc1. The standard InChI is InChI=1S/C23H19ClO3S/c24-20-12-15-22(16-13-20)28(26,27)23(19-9-5-2-6-10-19)17-21(25)14-11-18-7-3-1-4-8-18/h1-16,23H,17H2/b14-11+. The second-order valence-corrected chi connectivity index (χ2v) is 8.88. The molecule has 28 heavy (non-hydrogen) atoms. The number of sulfone groups is 1. The van der Waals surface area contributed by atoms with Gasteiger partial charge >= 0.3 is 0 Å². The number of halogens is 1. The molecule has 0 radical (unpaired) electrons. The lowest BCUT2D eigenvalue weighted by Gasteiger charge is -2.17. The highest BCUT2D eigenvalue weighted by Crippen LogP contribution is 2.32. The van der Waals surface area contributed by atoms with Gasteiger partial charge in [0.05, 0.1) is 10.1 Å². The number of benzene rings is 3. The minimum absolute atomic E-state index is 0.141. The number of ketones is 1. The van der Waals surface area contributed by atoms with Gasteiger partial charge in [0, 0.05) is 11.4 Å². The van der Waals surface area contributed by atoms with E-state index in [4.69, 9.17) is 11.6 Å². The average molecular weight is 411 g/mol. The van der Waals surface area contributed by atoms with Crippen LogP contribution in [0.1, 0.15) is 22.8 Å². The summed E-state index contributed by atoms with van der Waals surface area (Å²) in [6.45, 7) is 0. The molecule has 0 aromatic heterocycles. The number of carbonyl (C=O) groups excluding carboxylic acids is 1. The van der Waals surface area contributed by atoms with Gasteiger partial charge in [-0.25, -0.2) is 8.42 Å². The molecule has 0 aliphatic rings.